The smallest absolute Gasteiger partial charge is 0.345 e. The Morgan fingerprint density at radius 3 is 1.66 bits per heavy atom. The van der Waals surface area contributed by atoms with E-state index in [1.54, 1.807) is 6.07 Å². The number of benzene rings is 8. The van der Waals surface area contributed by atoms with Crippen molar-refractivity contribution in [2.45, 2.75) is 24.2 Å². The molecular formula is C52H30F4O5S. The second-order valence-electron chi connectivity index (χ2n) is 15.7. The van der Waals surface area contributed by atoms with Crippen LogP contribution in [0.2, 0.25) is 0 Å². The van der Waals surface area contributed by atoms with Gasteiger partial charge in [0.05, 0.1) is 5.56 Å². The average Bonchev–Trinajstić information content (AvgIpc) is 3.27. The van der Waals surface area contributed by atoms with E-state index in [-0.39, 0.29) is 5.56 Å². The first-order valence-corrected chi connectivity index (χ1v) is 21.3. The Labute approximate surface area is 352 Å². The lowest BCUT2D eigenvalue weighted by Gasteiger charge is -2.23. The number of allylic oxidation sites excluding steroid dienone is 3. The molecule has 302 valence electrons. The zero-order valence-electron chi connectivity index (χ0n) is 32.4. The van der Waals surface area contributed by atoms with Crippen LogP contribution in [-0.2, 0) is 29.4 Å². The third-order valence-corrected chi connectivity index (χ3v) is 13.0. The summed E-state index contributed by atoms with van der Waals surface area (Å²) in [6.45, 7) is 0. The number of ether oxygens (including phenoxy) is 1. The molecule has 5 nitrogen and oxygen atoms in total. The lowest BCUT2D eigenvalue weighted by atomic mass is 9.81. The SMILES string of the molecule is O=C(Oc1c(F)c(F)c(S(=O)(=O)O)c(F)c1F)c1c(-c2cc3c4c(cccc4c2)CC=C3)cc(-c2cc3c4c(cccc4c2)CC=C3)cc1-c1ccc2cccc3c2c1C=CC3. The van der Waals surface area contributed by atoms with Gasteiger partial charge < -0.3 is 4.74 Å². The van der Waals surface area contributed by atoms with Gasteiger partial charge in [0.15, 0.2) is 16.5 Å². The zero-order valence-corrected chi connectivity index (χ0v) is 33.2. The molecule has 0 radical (unpaired) electrons. The molecule has 8 aromatic rings. The van der Waals surface area contributed by atoms with Crippen molar-refractivity contribution in [2.24, 2.45) is 0 Å². The lowest BCUT2D eigenvalue weighted by Crippen LogP contribution is -2.17. The summed E-state index contributed by atoms with van der Waals surface area (Å²) in [6, 6.07) is 33.5. The Kier molecular flexibility index (Phi) is 8.51. The van der Waals surface area contributed by atoms with Crippen LogP contribution in [0.3, 0.4) is 0 Å². The number of esters is 1. The Hall–Kier alpha value is -7.14. The Bertz CT molecular complexity index is 3540. The highest BCUT2D eigenvalue weighted by molar-refractivity contribution is 7.85. The normalized spacial score (nSPS) is 13.7. The summed E-state index contributed by atoms with van der Waals surface area (Å²) in [7, 11) is -5.77. The van der Waals surface area contributed by atoms with Gasteiger partial charge in [-0.3, -0.25) is 4.55 Å². The van der Waals surface area contributed by atoms with Gasteiger partial charge in [0.25, 0.3) is 0 Å². The maximum atomic E-state index is 15.7. The molecule has 0 aromatic heterocycles. The van der Waals surface area contributed by atoms with E-state index < -0.39 is 50.0 Å². The van der Waals surface area contributed by atoms with Crippen LogP contribution in [0.5, 0.6) is 5.75 Å². The highest BCUT2D eigenvalue weighted by Gasteiger charge is 2.35. The molecule has 0 aliphatic heterocycles. The quantitative estimate of drug-likeness (QED) is 0.0593. The van der Waals surface area contributed by atoms with E-state index in [0.717, 1.165) is 78.5 Å². The summed E-state index contributed by atoms with van der Waals surface area (Å²) in [6.07, 6.45) is 14.4. The van der Waals surface area contributed by atoms with Gasteiger partial charge in [-0.15, -0.1) is 0 Å². The van der Waals surface area contributed by atoms with Crippen molar-refractivity contribution >= 4 is 66.6 Å². The van der Waals surface area contributed by atoms with Crippen molar-refractivity contribution < 1.29 is 40.1 Å². The van der Waals surface area contributed by atoms with Gasteiger partial charge in [-0.2, -0.15) is 17.2 Å². The molecule has 0 atom stereocenters. The van der Waals surface area contributed by atoms with E-state index in [2.05, 4.69) is 30.4 Å². The molecule has 3 aliphatic rings. The maximum Gasteiger partial charge on any atom is 0.345 e. The molecule has 0 spiro atoms. The van der Waals surface area contributed by atoms with E-state index in [4.69, 9.17) is 4.74 Å². The second-order valence-corrected chi connectivity index (χ2v) is 17.1. The molecule has 11 rings (SSSR count). The number of carbonyl (C=O) groups excluding carboxylic acids is 1. The second kappa shape index (κ2) is 14.0. The van der Waals surface area contributed by atoms with Crippen LogP contribution in [-0.4, -0.2) is 18.9 Å². The minimum Gasteiger partial charge on any atom is -0.416 e. The fourth-order valence-corrected chi connectivity index (χ4v) is 10.2. The minimum atomic E-state index is -5.77. The molecule has 0 saturated heterocycles. The summed E-state index contributed by atoms with van der Waals surface area (Å²) in [5.41, 5.74) is 9.04. The summed E-state index contributed by atoms with van der Waals surface area (Å²) in [5.74, 6) is -12.7. The van der Waals surface area contributed by atoms with Gasteiger partial charge in [0.2, 0.25) is 17.4 Å². The van der Waals surface area contributed by atoms with Crippen molar-refractivity contribution in [3.05, 3.63) is 184 Å². The van der Waals surface area contributed by atoms with E-state index in [1.807, 2.05) is 103 Å². The van der Waals surface area contributed by atoms with Gasteiger partial charge in [-0.25, -0.2) is 13.6 Å². The predicted molar refractivity (Wildman–Crippen MR) is 235 cm³/mol. The molecule has 62 heavy (non-hydrogen) atoms. The molecule has 10 heteroatoms. The maximum absolute atomic E-state index is 15.7. The van der Waals surface area contributed by atoms with Crippen molar-refractivity contribution in [3.63, 3.8) is 0 Å². The molecule has 3 aliphatic carbocycles. The van der Waals surface area contributed by atoms with Crippen LogP contribution >= 0.6 is 0 Å². The standard InChI is InChI=1S/C52H30F4O5S/c53-46-48(55)51(62(58,59)60)49(56)47(54)50(46)61-52(57)45-40(37-23-33-16-4-9-28-10-5-17-34(24-37)43(28)33)25-36(35-21-31-14-2-7-27-8-3-15-32(22-35)42(27)31)26-41(45)38-20-19-30-12-1-11-29-13-6-18-39(38)44(29)30/h1-7,9,11-12,14-26H,8,10,13H2,(H,58,59,60). The number of hydrogen-bond acceptors (Lipinski definition) is 4. The van der Waals surface area contributed by atoms with Crippen molar-refractivity contribution in [2.75, 3.05) is 0 Å². The van der Waals surface area contributed by atoms with Crippen LogP contribution in [0.15, 0.2) is 126 Å². The molecule has 1 N–H and O–H groups in total. The van der Waals surface area contributed by atoms with E-state index in [1.165, 1.54) is 5.56 Å². The van der Waals surface area contributed by atoms with Crippen LogP contribution in [0.4, 0.5) is 17.6 Å². The number of rotatable bonds is 6. The van der Waals surface area contributed by atoms with E-state index >= 15 is 17.6 Å². The molecule has 0 fully saturated rings. The van der Waals surface area contributed by atoms with Gasteiger partial charge in [-0.05, 0) is 155 Å². The number of carbonyl (C=O) groups is 1. The molecule has 0 bridgehead atoms. The highest BCUT2D eigenvalue weighted by atomic mass is 32.2. The molecule has 0 amide bonds. The van der Waals surface area contributed by atoms with Gasteiger partial charge in [-0.1, -0.05) is 103 Å². The van der Waals surface area contributed by atoms with E-state index in [9.17, 15) is 17.8 Å². The van der Waals surface area contributed by atoms with Crippen molar-refractivity contribution in [3.8, 4) is 39.1 Å². The zero-order chi connectivity index (χ0) is 42.6. The summed E-state index contributed by atoms with van der Waals surface area (Å²) in [5, 5.41) is 5.94. The van der Waals surface area contributed by atoms with Crippen LogP contribution in [0, 0.1) is 23.3 Å². The van der Waals surface area contributed by atoms with Crippen LogP contribution in [0.25, 0.3) is 83.9 Å². The van der Waals surface area contributed by atoms with Crippen LogP contribution < -0.4 is 4.74 Å². The molecule has 0 saturated carbocycles. The topological polar surface area (TPSA) is 80.7 Å². The summed E-state index contributed by atoms with van der Waals surface area (Å²) >= 11 is 0. The van der Waals surface area contributed by atoms with Crippen molar-refractivity contribution in [1.82, 2.24) is 0 Å². The Morgan fingerprint density at radius 2 is 1.05 bits per heavy atom. The third kappa shape index (κ3) is 5.85. The first-order valence-electron chi connectivity index (χ1n) is 19.8. The predicted octanol–water partition coefficient (Wildman–Crippen LogP) is 12.9. The van der Waals surface area contributed by atoms with Gasteiger partial charge in [0, 0.05) is 0 Å². The van der Waals surface area contributed by atoms with Crippen molar-refractivity contribution in [1.29, 1.82) is 0 Å². The molecular weight excluding hydrogens is 813 g/mol. The molecule has 8 aromatic carbocycles. The summed E-state index contributed by atoms with van der Waals surface area (Å²) in [4.78, 5) is 12.8. The fourth-order valence-electron chi connectivity index (χ4n) is 9.52. The Balaban J connectivity index is 1.24. The first kappa shape index (κ1) is 37.8. The van der Waals surface area contributed by atoms with Gasteiger partial charge >= 0.3 is 16.1 Å². The van der Waals surface area contributed by atoms with Crippen LogP contribution in [0.1, 0.15) is 43.7 Å². The summed E-state index contributed by atoms with van der Waals surface area (Å²) < 4.78 is 100. The lowest BCUT2D eigenvalue weighted by molar-refractivity contribution is 0.0718. The van der Waals surface area contributed by atoms with Gasteiger partial charge in [0.1, 0.15) is 0 Å². The Morgan fingerprint density at radius 1 is 0.532 bits per heavy atom. The van der Waals surface area contributed by atoms with E-state index in [0.29, 0.717) is 34.2 Å². The average molecular weight is 843 g/mol. The number of hydrogen-bond donors (Lipinski definition) is 1. The third-order valence-electron chi connectivity index (χ3n) is 12.2. The number of halogens is 4. The largest absolute Gasteiger partial charge is 0.416 e. The molecule has 0 heterocycles. The highest BCUT2D eigenvalue weighted by Crippen LogP contribution is 2.46. The minimum absolute atomic E-state index is 0.175. The monoisotopic (exact) mass is 842 g/mol. The molecule has 0 unspecified atom stereocenters. The first-order chi connectivity index (χ1) is 29.9. The fraction of sp³-hybridized carbons (Fsp3) is 0.0577.